The molecule has 0 fully saturated rings. The van der Waals surface area contributed by atoms with E-state index in [9.17, 15) is 13.7 Å². The SMILES string of the molecule is COc1ccc(-c2ccnc(Nc3ccc(S(N)(=O)=O)cc3)n2)cc1C#N. The molecule has 2 aromatic carbocycles. The van der Waals surface area contributed by atoms with Crippen molar-refractivity contribution >= 4 is 21.7 Å². The molecule has 0 amide bonds. The van der Waals surface area contributed by atoms with E-state index in [0.717, 1.165) is 5.56 Å². The Bertz CT molecular complexity index is 1120. The number of hydrogen-bond acceptors (Lipinski definition) is 7. The molecule has 3 aromatic rings. The molecular weight excluding hydrogens is 366 g/mol. The Balaban J connectivity index is 1.87. The largest absolute Gasteiger partial charge is 0.495 e. The van der Waals surface area contributed by atoms with Gasteiger partial charge in [-0.3, -0.25) is 0 Å². The molecule has 0 saturated heterocycles. The Morgan fingerprint density at radius 1 is 1.15 bits per heavy atom. The molecule has 1 aromatic heterocycles. The first-order chi connectivity index (χ1) is 12.9. The number of hydrogen-bond donors (Lipinski definition) is 2. The van der Waals surface area contributed by atoms with Crippen LogP contribution in [0.2, 0.25) is 0 Å². The van der Waals surface area contributed by atoms with E-state index in [-0.39, 0.29) is 4.90 Å². The van der Waals surface area contributed by atoms with Crippen molar-refractivity contribution in [1.29, 1.82) is 5.26 Å². The fourth-order valence-electron chi connectivity index (χ4n) is 2.39. The van der Waals surface area contributed by atoms with Gasteiger partial charge < -0.3 is 10.1 Å². The van der Waals surface area contributed by atoms with Gasteiger partial charge in [0.25, 0.3) is 0 Å². The van der Waals surface area contributed by atoms with Crippen LogP contribution in [0.3, 0.4) is 0 Å². The second-order valence-electron chi connectivity index (χ2n) is 5.49. The Morgan fingerprint density at radius 2 is 1.89 bits per heavy atom. The van der Waals surface area contributed by atoms with Crippen LogP contribution in [-0.2, 0) is 10.0 Å². The molecule has 8 nitrogen and oxygen atoms in total. The van der Waals surface area contributed by atoms with Crippen LogP contribution in [0.1, 0.15) is 5.56 Å². The fraction of sp³-hybridized carbons (Fsp3) is 0.0556. The standard InChI is InChI=1S/C18H15N5O3S/c1-26-17-7-2-12(10-13(17)11-19)16-8-9-21-18(23-16)22-14-3-5-15(6-4-14)27(20,24)25/h2-10H,1H3,(H2,20,24,25)(H,21,22,23). The van der Waals surface area contributed by atoms with Crippen LogP contribution >= 0.6 is 0 Å². The lowest BCUT2D eigenvalue weighted by molar-refractivity contribution is 0.413. The van der Waals surface area contributed by atoms with Gasteiger partial charge in [-0.15, -0.1) is 0 Å². The fourth-order valence-corrected chi connectivity index (χ4v) is 2.91. The molecule has 3 rings (SSSR count). The Hall–Kier alpha value is -3.48. The summed E-state index contributed by atoms with van der Waals surface area (Å²) in [7, 11) is -2.24. The highest BCUT2D eigenvalue weighted by molar-refractivity contribution is 7.89. The number of rotatable bonds is 5. The smallest absolute Gasteiger partial charge is 0.238 e. The van der Waals surface area contributed by atoms with Gasteiger partial charge in [-0.25, -0.2) is 23.5 Å². The molecule has 0 atom stereocenters. The van der Waals surface area contributed by atoms with E-state index in [1.807, 2.05) is 0 Å². The van der Waals surface area contributed by atoms with Crippen LogP contribution in [0.15, 0.2) is 59.6 Å². The highest BCUT2D eigenvalue weighted by Gasteiger charge is 2.09. The molecule has 9 heteroatoms. The van der Waals surface area contributed by atoms with Gasteiger partial charge in [-0.1, -0.05) is 0 Å². The van der Waals surface area contributed by atoms with Crippen LogP contribution < -0.4 is 15.2 Å². The van der Waals surface area contributed by atoms with Crippen LogP contribution in [0.5, 0.6) is 5.75 Å². The van der Waals surface area contributed by atoms with Crippen molar-refractivity contribution in [2.24, 2.45) is 5.14 Å². The van der Waals surface area contributed by atoms with Crippen molar-refractivity contribution in [3.05, 3.63) is 60.3 Å². The summed E-state index contributed by atoms with van der Waals surface area (Å²) in [5.41, 5.74) is 2.36. The predicted molar refractivity (Wildman–Crippen MR) is 99.8 cm³/mol. The van der Waals surface area contributed by atoms with Gasteiger partial charge in [0.15, 0.2) is 0 Å². The molecule has 3 N–H and O–H groups in total. The van der Waals surface area contributed by atoms with Crippen molar-refractivity contribution in [3.8, 4) is 23.1 Å². The number of primary sulfonamides is 1. The van der Waals surface area contributed by atoms with Crippen LogP contribution in [0, 0.1) is 11.3 Å². The van der Waals surface area contributed by atoms with Gasteiger partial charge in [-0.2, -0.15) is 5.26 Å². The Labute approximate surface area is 156 Å². The predicted octanol–water partition coefficient (Wildman–Crippen LogP) is 2.41. The topological polar surface area (TPSA) is 131 Å². The highest BCUT2D eigenvalue weighted by Crippen LogP contribution is 2.26. The first-order valence-corrected chi connectivity index (χ1v) is 9.27. The zero-order valence-electron chi connectivity index (χ0n) is 14.2. The third-order valence-electron chi connectivity index (χ3n) is 3.71. The molecular formula is C18H15N5O3S. The second kappa shape index (κ2) is 7.41. The summed E-state index contributed by atoms with van der Waals surface area (Å²) in [6.07, 6.45) is 1.58. The van der Waals surface area contributed by atoms with Crippen molar-refractivity contribution in [2.75, 3.05) is 12.4 Å². The van der Waals surface area contributed by atoms with Crippen molar-refractivity contribution in [3.63, 3.8) is 0 Å². The molecule has 0 aliphatic carbocycles. The minimum atomic E-state index is -3.74. The van der Waals surface area contributed by atoms with E-state index in [4.69, 9.17) is 9.88 Å². The molecule has 136 valence electrons. The number of sulfonamides is 1. The quantitative estimate of drug-likeness (QED) is 0.694. The Kier molecular flexibility index (Phi) is 5.03. The number of aromatic nitrogens is 2. The van der Waals surface area contributed by atoms with Crippen molar-refractivity contribution in [2.45, 2.75) is 4.90 Å². The van der Waals surface area contributed by atoms with E-state index in [0.29, 0.717) is 28.6 Å². The van der Waals surface area contributed by atoms with Crippen LogP contribution in [-0.4, -0.2) is 25.5 Å². The van der Waals surface area contributed by atoms with Gasteiger partial charge in [0.1, 0.15) is 11.8 Å². The van der Waals surface area contributed by atoms with E-state index in [1.54, 1.807) is 42.6 Å². The molecule has 0 spiro atoms. The number of nitrogens with two attached hydrogens (primary N) is 1. The Morgan fingerprint density at radius 3 is 2.52 bits per heavy atom. The molecule has 1 heterocycles. The summed E-state index contributed by atoms with van der Waals surface area (Å²) < 4.78 is 27.7. The zero-order valence-corrected chi connectivity index (χ0v) is 15.1. The number of nitriles is 1. The van der Waals surface area contributed by atoms with Gasteiger partial charge in [0.05, 0.1) is 23.3 Å². The summed E-state index contributed by atoms with van der Waals surface area (Å²) in [5.74, 6) is 0.814. The van der Waals surface area contributed by atoms with E-state index in [1.165, 1.54) is 19.2 Å². The maximum absolute atomic E-state index is 11.3. The maximum atomic E-state index is 11.3. The monoisotopic (exact) mass is 381 g/mol. The average Bonchev–Trinajstić information content (AvgIpc) is 2.67. The molecule has 0 aliphatic heterocycles. The number of ether oxygens (including phenoxy) is 1. The molecule has 27 heavy (non-hydrogen) atoms. The second-order valence-corrected chi connectivity index (χ2v) is 7.05. The third-order valence-corrected chi connectivity index (χ3v) is 4.64. The molecule has 0 saturated carbocycles. The van der Waals surface area contributed by atoms with E-state index < -0.39 is 10.0 Å². The van der Waals surface area contributed by atoms with Crippen LogP contribution in [0.4, 0.5) is 11.6 Å². The number of benzene rings is 2. The van der Waals surface area contributed by atoms with Crippen molar-refractivity contribution < 1.29 is 13.2 Å². The third kappa shape index (κ3) is 4.20. The van der Waals surface area contributed by atoms with Crippen molar-refractivity contribution in [1.82, 2.24) is 9.97 Å². The van der Waals surface area contributed by atoms with E-state index >= 15 is 0 Å². The number of anilines is 2. The maximum Gasteiger partial charge on any atom is 0.238 e. The molecule has 0 unspecified atom stereocenters. The summed E-state index contributed by atoms with van der Waals surface area (Å²) in [4.78, 5) is 8.60. The lowest BCUT2D eigenvalue weighted by Crippen LogP contribution is -2.11. The van der Waals surface area contributed by atoms with Gasteiger partial charge in [0, 0.05) is 17.4 Å². The number of nitrogens with one attached hydrogen (secondary N) is 1. The summed E-state index contributed by atoms with van der Waals surface area (Å²) in [6.45, 7) is 0. The minimum Gasteiger partial charge on any atom is -0.495 e. The first kappa shape index (κ1) is 18.3. The lowest BCUT2D eigenvalue weighted by Gasteiger charge is -2.08. The summed E-state index contributed by atoms with van der Waals surface area (Å²) in [6, 6.07) is 14.9. The molecule has 0 radical (unpaired) electrons. The van der Waals surface area contributed by atoms with Gasteiger partial charge in [0.2, 0.25) is 16.0 Å². The van der Waals surface area contributed by atoms with Gasteiger partial charge >= 0.3 is 0 Å². The summed E-state index contributed by atoms with van der Waals surface area (Å²) in [5, 5.41) is 17.3. The minimum absolute atomic E-state index is 0.0185. The average molecular weight is 381 g/mol. The number of nitrogens with zero attached hydrogens (tertiary/aromatic N) is 3. The highest BCUT2D eigenvalue weighted by atomic mass is 32.2. The van der Waals surface area contributed by atoms with Crippen LogP contribution in [0.25, 0.3) is 11.3 Å². The zero-order chi connectivity index (χ0) is 19.4. The van der Waals surface area contributed by atoms with E-state index in [2.05, 4.69) is 21.4 Å². The molecule has 0 aliphatic rings. The first-order valence-electron chi connectivity index (χ1n) is 7.72. The lowest BCUT2D eigenvalue weighted by atomic mass is 10.1. The van der Waals surface area contributed by atoms with Gasteiger partial charge in [-0.05, 0) is 48.5 Å². The normalized spacial score (nSPS) is 10.9. The molecule has 0 bridgehead atoms. The number of methoxy groups -OCH3 is 1. The summed E-state index contributed by atoms with van der Waals surface area (Å²) >= 11 is 0.